The number of nitrogens with one attached hydrogen (secondary N) is 1. The van der Waals surface area contributed by atoms with Crippen molar-refractivity contribution in [3.63, 3.8) is 0 Å². The summed E-state index contributed by atoms with van der Waals surface area (Å²) in [5.41, 5.74) is -0.0269. The molecule has 1 aliphatic rings. The summed E-state index contributed by atoms with van der Waals surface area (Å²) in [6.07, 6.45) is -4.95. The topological polar surface area (TPSA) is 75.7 Å². The summed E-state index contributed by atoms with van der Waals surface area (Å²) >= 11 is 5.58. The first-order chi connectivity index (χ1) is 14.6. The van der Waals surface area contributed by atoms with Crippen LogP contribution in [0.15, 0.2) is 49.0 Å². The Morgan fingerprint density at radius 1 is 1.13 bits per heavy atom. The van der Waals surface area contributed by atoms with Gasteiger partial charge in [-0.3, -0.25) is 14.4 Å². The van der Waals surface area contributed by atoms with Crippen molar-refractivity contribution in [2.45, 2.75) is 12.6 Å². The van der Waals surface area contributed by atoms with Crippen molar-refractivity contribution in [3.8, 4) is 0 Å². The summed E-state index contributed by atoms with van der Waals surface area (Å²) in [7, 11) is 0. The highest BCUT2D eigenvalue weighted by Gasteiger charge is 2.34. The van der Waals surface area contributed by atoms with Crippen LogP contribution in [-0.4, -0.2) is 35.8 Å². The van der Waals surface area contributed by atoms with Crippen LogP contribution in [0.1, 0.15) is 27.9 Å². The number of carbonyl (C=O) groups excluding carboxylic acids is 3. The largest absolute Gasteiger partial charge is 0.456 e. The number of halogens is 4. The number of anilines is 1. The molecule has 2 amide bonds. The quantitative estimate of drug-likeness (QED) is 0.661. The molecule has 6 nitrogen and oxygen atoms in total. The van der Waals surface area contributed by atoms with Gasteiger partial charge in [-0.05, 0) is 24.3 Å². The minimum atomic E-state index is -4.73. The van der Waals surface area contributed by atoms with Crippen molar-refractivity contribution < 1.29 is 32.3 Å². The lowest BCUT2D eigenvalue weighted by molar-refractivity contribution is -0.147. The standard InChI is InChI=1S/C21H16ClF3N2O4/c1-12-14-4-2-3-5-15(14)20(30)27(12)9-8-19(29)31-11-18(28)26-17-7-6-13(22)10-16(17)21(23,24)25/h2-7,10H,1,8-9,11H2,(H,26,28). The number of nitrogens with zero attached hydrogens (tertiary/aromatic N) is 1. The predicted molar refractivity (Wildman–Crippen MR) is 107 cm³/mol. The van der Waals surface area contributed by atoms with Crippen molar-refractivity contribution in [3.05, 3.63) is 70.8 Å². The number of hydrogen-bond acceptors (Lipinski definition) is 4. The van der Waals surface area contributed by atoms with Gasteiger partial charge >= 0.3 is 12.1 Å². The van der Waals surface area contributed by atoms with Crippen LogP contribution in [0.4, 0.5) is 18.9 Å². The molecule has 0 radical (unpaired) electrons. The highest BCUT2D eigenvalue weighted by Crippen LogP contribution is 2.36. The normalized spacial score (nSPS) is 13.2. The number of amides is 2. The summed E-state index contributed by atoms with van der Waals surface area (Å²) in [4.78, 5) is 37.6. The number of alkyl halides is 3. The average molecular weight is 453 g/mol. The summed E-state index contributed by atoms with van der Waals surface area (Å²) in [5.74, 6) is -2.04. The molecule has 31 heavy (non-hydrogen) atoms. The molecule has 0 aliphatic carbocycles. The van der Waals surface area contributed by atoms with Gasteiger partial charge < -0.3 is 15.0 Å². The molecule has 1 heterocycles. The van der Waals surface area contributed by atoms with Crippen LogP contribution in [0.3, 0.4) is 0 Å². The summed E-state index contributed by atoms with van der Waals surface area (Å²) < 4.78 is 44.0. The van der Waals surface area contributed by atoms with E-state index in [0.717, 1.165) is 6.07 Å². The predicted octanol–water partition coefficient (Wildman–Crippen LogP) is 4.36. The van der Waals surface area contributed by atoms with Gasteiger partial charge in [-0.2, -0.15) is 13.2 Å². The molecule has 0 aromatic heterocycles. The van der Waals surface area contributed by atoms with Gasteiger partial charge in [0.25, 0.3) is 11.8 Å². The van der Waals surface area contributed by atoms with Gasteiger partial charge in [0.05, 0.1) is 17.7 Å². The Kier molecular flexibility index (Phi) is 6.35. The molecule has 0 bridgehead atoms. The second-order valence-corrected chi connectivity index (χ2v) is 7.03. The molecule has 10 heteroatoms. The molecule has 2 aromatic rings. The second kappa shape index (κ2) is 8.81. The minimum Gasteiger partial charge on any atom is -0.456 e. The molecule has 0 atom stereocenters. The Bertz CT molecular complexity index is 1030. The zero-order chi connectivity index (χ0) is 22.8. The smallest absolute Gasteiger partial charge is 0.418 e. The van der Waals surface area contributed by atoms with Crippen LogP contribution in [0.25, 0.3) is 5.70 Å². The monoisotopic (exact) mass is 452 g/mol. The first kappa shape index (κ1) is 22.4. The van der Waals surface area contributed by atoms with Gasteiger partial charge in [0.1, 0.15) is 0 Å². The van der Waals surface area contributed by atoms with E-state index in [1.807, 2.05) is 5.32 Å². The molecule has 1 aliphatic heterocycles. The van der Waals surface area contributed by atoms with Crippen LogP contribution in [0.5, 0.6) is 0 Å². The second-order valence-electron chi connectivity index (χ2n) is 6.60. The third-order valence-corrected chi connectivity index (χ3v) is 4.74. The van der Waals surface area contributed by atoms with E-state index in [4.69, 9.17) is 16.3 Å². The third kappa shape index (κ3) is 5.05. The van der Waals surface area contributed by atoms with E-state index in [0.29, 0.717) is 22.9 Å². The summed E-state index contributed by atoms with van der Waals surface area (Å²) in [6, 6.07) is 9.75. The van der Waals surface area contributed by atoms with E-state index >= 15 is 0 Å². The van der Waals surface area contributed by atoms with Gasteiger partial charge in [0.15, 0.2) is 6.61 Å². The molecule has 0 saturated heterocycles. The number of rotatable bonds is 6. The van der Waals surface area contributed by atoms with Crippen LogP contribution in [0, 0.1) is 0 Å². The maximum absolute atomic E-state index is 13.1. The molecule has 0 unspecified atom stereocenters. The van der Waals surface area contributed by atoms with Crippen molar-refractivity contribution in [1.82, 2.24) is 4.90 Å². The van der Waals surface area contributed by atoms with Crippen LogP contribution >= 0.6 is 11.6 Å². The molecule has 162 valence electrons. The minimum absolute atomic E-state index is 0.0117. The molecular weight excluding hydrogens is 437 g/mol. The van der Waals surface area contributed by atoms with E-state index in [9.17, 15) is 27.6 Å². The van der Waals surface area contributed by atoms with Crippen molar-refractivity contribution in [2.24, 2.45) is 0 Å². The molecule has 0 fully saturated rings. The highest BCUT2D eigenvalue weighted by atomic mass is 35.5. The van der Waals surface area contributed by atoms with Gasteiger partial charge in [-0.15, -0.1) is 0 Å². The highest BCUT2D eigenvalue weighted by molar-refractivity contribution is 6.30. The van der Waals surface area contributed by atoms with Gasteiger partial charge in [0, 0.05) is 28.4 Å². The zero-order valence-corrected chi connectivity index (χ0v) is 16.7. The number of ether oxygens (including phenoxy) is 1. The van der Waals surface area contributed by atoms with Crippen molar-refractivity contribution >= 4 is 40.8 Å². The maximum Gasteiger partial charge on any atom is 0.418 e. The van der Waals surface area contributed by atoms with E-state index in [1.165, 1.54) is 11.0 Å². The van der Waals surface area contributed by atoms with Gasteiger partial charge in [-0.25, -0.2) is 0 Å². The maximum atomic E-state index is 13.1. The van der Waals surface area contributed by atoms with Gasteiger partial charge in [0.2, 0.25) is 0 Å². The Labute approximate surface area is 180 Å². The lowest BCUT2D eigenvalue weighted by Crippen LogP contribution is -2.27. The lowest BCUT2D eigenvalue weighted by atomic mass is 10.1. The number of hydrogen-bond donors (Lipinski definition) is 1. The third-order valence-electron chi connectivity index (χ3n) is 4.50. The fraction of sp³-hybridized carbons (Fsp3) is 0.190. The van der Waals surface area contributed by atoms with Crippen molar-refractivity contribution in [2.75, 3.05) is 18.5 Å². The molecule has 3 rings (SSSR count). The Morgan fingerprint density at radius 3 is 2.45 bits per heavy atom. The zero-order valence-electron chi connectivity index (χ0n) is 16.0. The Morgan fingerprint density at radius 2 is 1.81 bits per heavy atom. The van der Waals surface area contributed by atoms with Gasteiger partial charge in [-0.1, -0.05) is 36.4 Å². The lowest BCUT2D eigenvalue weighted by Gasteiger charge is -2.17. The number of benzene rings is 2. The molecule has 0 saturated carbocycles. The SMILES string of the molecule is C=C1c2ccccc2C(=O)N1CCC(=O)OCC(=O)Nc1ccc(Cl)cc1C(F)(F)F. The fourth-order valence-electron chi connectivity index (χ4n) is 3.04. The number of carbonyl (C=O) groups is 3. The Hall–Kier alpha value is -3.33. The van der Waals surface area contributed by atoms with Crippen LogP contribution in [-0.2, 0) is 20.5 Å². The van der Waals surface area contributed by atoms with E-state index in [-0.39, 0.29) is 23.9 Å². The fourth-order valence-corrected chi connectivity index (χ4v) is 3.21. The summed E-state index contributed by atoms with van der Waals surface area (Å²) in [6.45, 7) is 3.05. The molecule has 0 spiro atoms. The van der Waals surface area contributed by atoms with E-state index in [2.05, 4.69) is 6.58 Å². The first-order valence-electron chi connectivity index (χ1n) is 9.00. The van der Waals surface area contributed by atoms with Crippen molar-refractivity contribution in [1.29, 1.82) is 0 Å². The molecule has 1 N–H and O–H groups in total. The molecule has 2 aromatic carbocycles. The molecular formula is C21H16ClF3N2O4. The van der Waals surface area contributed by atoms with E-state index in [1.54, 1.807) is 24.3 Å². The van der Waals surface area contributed by atoms with Crippen LogP contribution in [0.2, 0.25) is 5.02 Å². The first-order valence-corrected chi connectivity index (χ1v) is 9.38. The average Bonchev–Trinajstić information content (AvgIpc) is 2.96. The summed E-state index contributed by atoms with van der Waals surface area (Å²) in [5, 5.41) is 1.91. The van der Waals surface area contributed by atoms with E-state index < -0.39 is 35.9 Å². The van der Waals surface area contributed by atoms with Crippen LogP contribution < -0.4 is 5.32 Å². The number of fused-ring (bicyclic) bond motifs is 1. The number of esters is 1. The Balaban J connectivity index is 1.52.